The van der Waals surface area contributed by atoms with Crippen molar-refractivity contribution < 1.29 is 4.79 Å². The first-order chi connectivity index (χ1) is 8.59. The predicted molar refractivity (Wildman–Crippen MR) is 72.5 cm³/mol. The molecule has 18 heavy (non-hydrogen) atoms. The molecule has 0 bridgehead atoms. The maximum absolute atomic E-state index is 11.7. The standard InChI is InChI=1S/C13H22N4O/c1-16(2)11-9-15-13(18)17(3)10-6-12-4-7-14-8-5-12/h4-5,7-8H,6,9-11H2,1-3H3,(H,15,18). The minimum absolute atomic E-state index is 0.0223. The van der Waals surface area contributed by atoms with Gasteiger partial charge in [0.05, 0.1) is 0 Å². The Bertz CT molecular complexity index is 353. The molecule has 0 fully saturated rings. The zero-order chi connectivity index (χ0) is 13.4. The highest BCUT2D eigenvalue weighted by atomic mass is 16.2. The Morgan fingerprint density at radius 3 is 2.50 bits per heavy atom. The van der Waals surface area contributed by atoms with Gasteiger partial charge in [-0.05, 0) is 38.2 Å². The molecule has 0 aliphatic rings. The highest BCUT2D eigenvalue weighted by molar-refractivity contribution is 5.73. The van der Waals surface area contributed by atoms with Crippen molar-refractivity contribution in [3.8, 4) is 0 Å². The van der Waals surface area contributed by atoms with E-state index < -0.39 is 0 Å². The average molecular weight is 250 g/mol. The number of nitrogens with zero attached hydrogens (tertiary/aromatic N) is 3. The fourth-order valence-corrected chi connectivity index (χ4v) is 1.47. The number of hydrogen-bond donors (Lipinski definition) is 1. The van der Waals surface area contributed by atoms with E-state index in [1.165, 1.54) is 5.56 Å². The number of carbonyl (C=O) groups excluding carboxylic acids is 1. The van der Waals surface area contributed by atoms with Gasteiger partial charge in [0.1, 0.15) is 0 Å². The Balaban J connectivity index is 2.23. The fourth-order valence-electron chi connectivity index (χ4n) is 1.47. The van der Waals surface area contributed by atoms with Crippen LogP contribution in [-0.4, -0.2) is 61.6 Å². The molecule has 1 aromatic rings. The number of likely N-dealkylation sites (N-methyl/N-ethyl adjacent to an activating group) is 2. The molecule has 1 heterocycles. The topological polar surface area (TPSA) is 48.5 Å². The van der Waals surface area contributed by atoms with E-state index in [2.05, 4.69) is 10.3 Å². The molecule has 5 nitrogen and oxygen atoms in total. The summed E-state index contributed by atoms with van der Waals surface area (Å²) in [6, 6.07) is 3.92. The number of hydrogen-bond acceptors (Lipinski definition) is 3. The molecule has 0 aliphatic carbocycles. The van der Waals surface area contributed by atoms with Crippen LogP contribution < -0.4 is 5.32 Å². The third-order valence-corrected chi connectivity index (χ3v) is 2.67. The summed E-state index contributed by atoms with van der Waals surface area (Å²) in [5, 5.41) is 2.88. The smallest absolute Gasteiger partial charge is 0.317 e. The van der Waals surface area contributed by atoms with Crippen molar-refractivity contribution in [1.29, 1.82) is 0 Å². The van der Waals surface area contributed by atoms with Crippen LogP contribution in [0.1, 0.15) is 5.56 Å². The van der Waals surface area contributed by atoms with Crippen molar-refractivity contribution in [3.05, 3.63) is 30.1 Å². The Morgan fingerprint density at radius 1 is 1.22 bits per heavy atom. The van der Waals surface area contributed by atoms with Crippen LogP contribution in [0.4, 0.5) is 4.79 Å². The van der Waals surface area contributed by atoms with E-state index in [9.17, 15) is 4.79 Å². The van der Waals surface area contributed by atoms with Crippen molar-refractivity contribution in [2.45, 2.75) is 6.42 Å². The van der Waals surface area contributed by atoms with Gasteiger partial charge in [0.15, 0.2) is 0 Å². The second-order valence-electron chi connectivity index (χ2n) is 4.56. The molecule has 0 saturated carbocycles. The van der Waals surface area contributed by atoms with Crippen LogP contribution in [0.2, 0.25) is 0 Å². The van der Waals surface area contributed by atoms with Gasteiger partial charge < -0.3 is 15.1 Å². The van der Waals surface area contributed by atoms with Gasteiger partial charge >= 0.3 is 6.03 Å². The Morgan fingerprint density at radius 2 is 1.89 bits per heavy atom. The lowest BCUT2D eigenvalue weighted by molar-refractivity contribution is 0.208. The fraction of sp³-hybridized carbons (Fsp3) is 0.538. The third kappa shape index (κ3) is 5.63. The Kier molecular flexibility index (Phi) is 6.14. The summed E-state index contributed by atoms with van der Waals surface area (Å²) < 4.78 is 0. The summed E-state index contributed by atoms with van der Waals surface area (Å²) in [6.07, 6.45) is 4.39. The van der Waals surface area contributed by atoms with Gasteiger partial charge in [0.25, 0.3) is 0 Å². The van der Waals surface area contributed by atoms with Gasteiger partial charge in [-0.1, -0.05) is 0 Å². The number of pyridine rings is 1. The SMILES string of the molecule is CN(C)CCNC(=O)N(C)CCc1ccncc1. The Hall–Kier alpha value is -1.62. The van der Waals surface area contributed by atoms with Gasteiger partial charge in [-0.15, -0.1) is 0 Å². The van der Waals surface area contributed by atoms with Crippen molar-refractivity contribution in [1.82, 2.24) is 20.1 Å². The number of urea groups is 1. The van der Waals surface area contributed by atoms with Crippen LogP contribution in [0, 0.1) is 0 Å². The molecule has 5 heteroatoms. The molecule has 0 unspecified atom stereocenters. The summed E-state index contributed by atoms with van der Waals surface area (Å²) in [6.45, 7) is 2.23. The number of rotatable bonds is 6. The molecule has 0 spiro atoms. The third-order valence-electron chi connectivity index (χ3n) is 2.67. The number of amides is 2. The molecule has 1 rings (SSSR count). The van der Waals surface area contributed by atoms with Gasteiger partial charge in [-0.25, -0.2) is 4.79 Å². The van der Waals surface area contributed by atoms with Gasteiger partial charge in [-0.3, -0.25) is 4.98 Å². The number of carbonyl (C=O) groups is 1. The monoisotopic (exact) mass is 250 g/mol. The molecule has 100 valence electrons. The molecular formula is C13H22N4O. The minimum atomic E-state index is -0.0223. The summed E-state index contributed by atoms with van der Waals surface area (Å²) in [5.74, 6) is 0. The van der Waals surface area contributed by atoms with E-state index in [4.69, 9.17) is 0 Å². The molecule has 0 atom stereocenters. The predicted octanol–water partition coefficient (Wildman–Crippen LogP) is 0.827. The van der Waals surface area contributed by atoms with Crippen LogP contribution in [-0.2, 0) is 6.42 Å². The molecular weight excluding hydrogens is 228 g/mol. The first kappa shape index (κ1) is 14.4. The van der Waals surface area contributed by atoms with Crippen LogP contribution in [0.3, 0.4) is 0 Å². The van der Waals surface area contributed by atoms with E-state index in [1.54, 1.807) is 17.3 Å². The van der Waals surface area contributed by atoms with E-state index in [0.717, 1.165) is 13.0 Å². The molecule has 2 amide bonds. The minimum Gasteiger partial charge on any atom is -0.337 e. The van der Waals surface area contributed by atoms with E-state index >= 15 is 0 Å². The van der Waals surface area contributed by atoms with Crippen molar-refractivity contribution in [2.24, 2.45) is 0 Å². The van der Waals surface area contributed by atoms with Gasteiger partial charge in [0, 0.05) is 39.1 Å². The van der Waals surface area contributed by atoms with Crippen LogP contribution in [0.15, 0.2) is 24.5 Å². The summed E-state index contributed by atoms with van der Waals surface area (Å²) >= 11 is 0. The molecule has 0 saturated heterocycles. The normalized spacial score (nSPS) is 10.4. The first-order valence-electron chi connectivity index (χ1n) is 6.12. The van der Waals surface area contributed by atoms with E-state index in [-0.39, 0.29) is 6.03 Å². The van der Waals surface area contributed by atoms with Gasteiger partial charge in [-0.2, -0.15) is 0 Å². The van der Waals surface area contributed by atoms with Crippen molar-refractivity contribution >= 4 is 6.03 Å². The second kappa shape index (κ2) is 7.66. The molecule has 0 aliphatic heterocycles. The molecule has 0 radical (unpaired) electrons. The molecule has 1 N–H and O–H groups in total. The lowest BCUT2D eigenvalue weighted by Crippen LogP contribution is -2.41. The zero-order valence-corrected chi connectivity index (χ0v) is 11.4. The lowest BCUT2D eigenvalue weighted by Gasteiger charge is -2.18. The van der Waals surface area contributed by atoms with Crippen LogP contribution in [0.25, 0.3) is 0 Å². The number of nitrogens with one attached hydrogen (secondary N) is 1. The van der Waals surface area contributed by atoms with Crippen molar-refractivity contribution in [3.63, 3.8) is 0 Å². The summed E-state index contributed by atoms with van der Waals surface area (Å²) in [7, 11) is 5.78. The highest BCUT2D eigenvalue weighted by Crippen LogP contribution is 1.98. The van der Waals surface area contributed by atoms with Crippen LogP contribution >= 0.6 is 0 Å². The highest BCUT2D eigenvalue weighted by Gasteiger charge is 2.07. The van der Waals surface area contributed by atoms with Gasteiger partial charge in [0.2, 0.25) is 0 Å². The summed E-state index contributed by atoms with van der Waals surface area (Å²) in [5.41, 5.74) is 1.19. The van der Waals surface area contributed by atoms with Crippen LogP contribution in [0.5, 0.6) is 0 Å². The first-order valence-corrected chi connectivity index (χ1v) is 6.12. The second-order valence-corrected chi connectivity index (χ2v) is 4.56. The van der Waals surface area contributed by atoms with Crippen molar-refractivity contribution in [2.75, 3.05) is 40.8 Å². The number of aromatic nitrogens is 1. The largest absolute Gasteiger partial charge is 0.337 e. The zero-order valence-electron chi connectivity index (χ0n) is 11.4. The summed E-state index contributed by atoms with van der Waals surface area (Å²) in [4.78, 5) is 19.4. The quantitative estimate of drug-likeness (QED) is 0.813. The maximum Gasteiger partial charge on any atom is 0.317 e. The van der Waals surface area contributed by atoms with E-state index in [1.807, 2.05) is 38.2 Å². The maximum atomic E-state index is 11.7. The molecule has 1 aromatic heterocycles. The molecule has 0 aromatic carbocycles. The Labute approximate surface area is 109 Å². The average Bonchev–Trinajstić information content (AvgIpc) is 2.36. The lowest BCUT2D eigenvalue weighted by atomic mass is 10.2. The van der Waals surface area contributed by atoms with E-state index in [0.29, 0.717) is 13.1 Å².